The molecule has 0 aliphatic rings. The summed E-state index contributed by atoms with van der Waals surface area (Å²) < 4.78 is 0. The maximum absolute atomic E-state index is 11.4. The van der Waals surface area contributed by atoms with Gasteiger partial charge in [-0.15, -0.1) is 34.6 Å². The first-order chi connectivity index (χ1) is 42.2. The summed E-state index contributed by atoms with van der Waals surface area (Å²) in [4.78, 5) is 93.7. The molecule has 2 aromatic heterocycles. The first kappa shape index (κ1) is 110. The zero-order chi connectivity index (χ0) is 78.2. The fourth-order valence-electron chi connectivity index (χ4n) is 4.31. The Morgan fingerprint density at radius 2 is 0.378 bits per heavy atom. The first-order valence-electron chi connectivity index (χ1n) is 32.6. The molecule has 2 heterocycles. The van der Waals surface area contributed by atoms with Gasteiger partial charge in [0.2, 0.25) is 0 Å². The molecule has 0 saturated heterocycles. The molecule has 0 aliphatic heterocycles. The molecule has 566 valence electrons. The van der Waals surface area contributed by atoms with E-state index in [0.717, 1.165) is 0 Å². The van der Waals surface area contributed by atoms with Gasteiger partial charge in [0.1, 0.15) is 0 Å². The van der Waals surface area contributed by atoms with Crippen molar-refractivity contribution in [2.24, 2.45) is 65.0 Å². The standard InChI is InChI=1S/6C11H20O2.C8H6N4.C4H10O2.2Dy/c6*1-10(2,3)8(12)7-9(13)11(4,5)6;1-3-9-7(10-4-1)8-11-5-2-6-12-8;1-3-5-6-4-2;;/h6*7,12H,1-6H3;1-6H;3-4H2,1-2H3;;/q;;;;;;;;2*+3/p-6/b6*8-7-;;;;. The third-order valence-electron chi connectivity index (χ3n) is 12.1. The van der Waals surface area contributed by atoms with Gasteiger partial charge < -0.3 is 30.6 Å². The van der Waals surface area contributed by atoms with Crippen LogP contribution in [0.5, 0.6) is 0 Å². The minimum Gasteiger partial charge on any atom is -0.875 e. The van der Waals surface area contributed by atoms with E-state index in [1.807, 2.05) is 263 Å². The topological polar surface area (TPSA) is 311 Å². The Bertz CT molecular complexity index is 2430. The summed E-state index contributed by atoms with van der Waals surface area (Å²) in [6, 6.07) is 3.51. The van der Waals surface area contributed by atoms with E-state index in [-0.39, 0.29) is 146 Å². The molecule has 0 fully saturated rings. The summed E-state index contributed by atoms with van der Waals surface area (Å²) in [5, 5.41) is 68.7. The molecule has 0 N–H and O–H groups in total. The van der Waals surface area contributed by atoms with E-state index in [2.05, 4.69) is 29.7 Å². The van der Waals surface area contributed by atoms with Crippen LogP contribution in [-0.4, -0.2) is 67.8 Å². The van der Waals surface area contributed by atoms with Crippen LogP contribution in [0.2, 0.25) is 0 Å². The van der Waals surface area contributed by atoms with Gasteiger partial charge in [-0.05, 0) is 94.9 Å². The minimum absolute atomic E-state index is 0. The second-order valence-electron chi connectivity index (χ2n) is 35.2. The van der Waals surface area contributed by atoms with E-state index in [0.29, 0.717) is 24.9 Å². The summed E-state index contributed by atoms with van der Waals surface area (Å²) in [5.74, 6) is -0.143. The van der Waals surface area contributed by atoms with Crippen LogP contribution in [0.1, 0.15) is 263 Å². The van der Waals surface area contributed by atoms with Crippen LogP contribution >= 0.6 is 0 Å². The van der Waals surface area contributed by atoms with Crippen molar-refractivity contribution >= 4 is 34.7 Å². The minimum atomic E-state index is -0.457. The molecule has 0 bridgehead atoms. The third-order valence-corrected chi connectivity index (χ3v) is 12.1. The maximum Gasteiger partial charge on any atom is 3.00 e. The maximum atomic E-state index is 11.4. The van der Waals surface area contributed by atoms with Crippen molar-refractivity contribution in [1.82, 2.24) is 19.9 Å². The van der Waals surface area contributed by atoms with Crippen LogP contribution in [0.25, 0.3) is 11.6 Å². The number of hydrogen-bond acceptors (Lipinski definition) is 18. The summed E-state index contributed by atoms with van der Waals surface area (Å²) in [5.41, 5.74) is -5.49. The summed E-state index contributed by atoms with van der Waals surface area (Å²) >= 11 is 0. The largest absolute Gasteiger partial charge is 3.00 e. The second kappa shape index (κ2) is 46.5. The van der Waals surface area contributed by atoms with E-state index in [1.165, 1.54) is 36.5 Å². The van der Waals surface area contributed by atoms with E-state index in [1.54, 1.807) is 36.9 Å². The SMILES string of the molecule is CC(C)(C)C(=O)/C=C(\[O-])C(C)(C)C.CC(C)(C)C(=O)/C=C(\[O-])C(C)(C)C.CC(C)(C)C(=O)/C=C(\[O-])C(C)(C)C.CC(C)(C)C(=O)/C=C(\[O-])C(C)(C)C.CC(C)(C)C(=O)/C=C(\[O-])C(C)(C)C.CC(C)(C)C(=O)/C=C(\[O-])C(C)(C)C.CCOOCC.[Dy+3].[Dy+3].c1cnc(-c2ncccn2)nc1. The van der Waals surface area contributed by atoms with Gasteiger partial charge in [-0.3, -0.25) is 28.8 Å². The Labute approximate surface area is 655 Å². The monoisotopic (exact) mass is 1670 g/mol. The van der Waals surface area contributed by atoms with Crippen LogP contribution in [-0.2, 0) is 38.5 Å². The van der Waals surface area contributed by atoms with Gasteiger partial charge >= 0.3 is 76.3 Å². The quantitative estimate of drug-likeness (QED) is 0.0701. The van der Waals surface area contributed by atoms with Crippen molar-refractivity contribution in [3.8, 4) is 11.6 Å². The Morgan fingerprint density at radius 3 is 0.459 bits per heavy atom. The predicted octanol–water partition coefficient (Wildman–Crippen LogP) is 13.3. The summed E-state index contributed by atoms with van der Waals surface area (Å²) in [6.45, 7) is 70.1. The average molecular weight is 1670 g/mol. The molecule has 2 rings (SSSR count). The van der Waals surface area contributed by atoms with Crippen molar-refractivity contribution < 1.29 is 146 Å². The number of aromatic nitrogens is 4. The van der Waals surface area contributed by atoms with Gasteiger partial charge in [-0.2, -0.15) is 0 Å². The summed E-state index contributed by atoms with van der Waals surface area (Å²) in [7, 11) is 0. The third kappa shape index (κ3) is 57.5. The molecule has 18 nitrogen and oxygen atoms in total. The van der Waals surface area contributed by atoms with Crippen LogP contribution in [0, 0.1) is 141 Å². The van der Waals surface area contributed by atoms with E-state index in [9.17, 15) is 59.4 Å². The van der Waals surface area contributed by atoms with Gasteiger partial charge in [0.15, 0.2) is 46.3 Å². The Hall–Kier alpha value is -4.11. The number of carbonyl (C=O) groups excluding carboxylic acids is 6. The average Bonchev–Trinajstić information content (AvgIpc) is 0.916. The molecular formula is C78H130Dy2N4O14. The number of allylic oxidation sites excluding steroid dienone is 12. The molecular weight excluding hydrogens is 1540 g/mol. The normalized spacial score (nSPS) is 13.2. The molecule has 20 heteroatoms. The molecule has 0 amide bonds. The van der Waals surface area contributed by atoms with Crippen LogP contribution < -0.4 is 30.6 Å². The Balaban J connectivity index is -0.000000158. The molecule has 0 atom stereocenters. The van der Waals surface area contributed by atoms with E-state index >= 15 is 0 Å². The van der Waals surface area contributed by atoms with Gasteiger partial charge in [-0.1, -0.05) is 249 Å². The molecule has 2 radical (unpaired) electrons. The van der Waals surface area contributed by atoms with E-state index < -0.39 is 65.0 Å². The number of carbonyl (C=O) groups is 6. The molecule has 0 saturated carbocycles. The Kier molecular flexibility index (Phi) is 52.1. The number of ketones is 6. The fourth-order valence-corrected chi connectivity index (χ4v) is 4.31. The van der Waals surface area contributed by atoms with Gasteiger partial charge in [0, 0.05) is 57.3 Å². The zero-order valence-corrected chi connectivity index (χ0v) is 71.5. The molecule has 98 heavy (non-hydrogen) atoms. The van der Waals surface area contributed by atoms with Crippen LogP contribution in [0.15, 0.2) is 108 Å². The van der Waals surface area contributed by atoms with Crippen molar-refractivity contribution in [2.45, 2.75) is 263 Å². The van der Waals surface area contributed by atoms with E-state index in [4.69, 9.17) is 0 Å². The van der Waals surface area contributed by atoms with Crippen LogP contribution in [0.4, 0.5) is 0 Å². The first-order valence-corrected chi connectivity index (χ1v) is 32.6. The van der Waals surface area contributed by atoms with Crippen molar-refractivity contribution in [3.63, 3.8) is 0 Å². The second-order valence-corrected chi connectivity index (χ2v) is 35.2. The molecule has 0 unspecified atom stereocenters. The number of rotatable bonds is 10. The number of hydrogen-bond donors (Lipinski definition) is 0. The van der Waals surface area contributed by atoms with Gasteiger partial charge in [0.05, 0.1) is 13.2 Å². The zero-order valence-electron chi connectivity index (χ0n) is 67.5. The molecule has 0 spiro atoms. The molecule has 2 aromatic rings. The smallest absolute Gasteiger partial charge is 0.875 e. The van der Waals surface area contributed by atoms with Gasteiger partial charge in [0.25, 0.3) is 0 Å². The van der Waals surface area contributed by atoms with Crippen molar-refractivity contribution in [3.05, 3.63) is 108 Å². The predicted molar refractivity (Wildman–Crippen MR) is 378 cm³/mol. The Morgan fingerprint density at radius 1 is 0.265 bits per heavy atom. The fraction of sp³-hybridized carbons (Fsp3) is 0.667. The molecule has 0 aromatic carbocycles. The number of nitrogens with zero attached hydrogens (tertiary/aromatic N) is 4. The van der Waals surface area contributed by atoms with Crippen molar-refractivity contribution in [2.75, 3.05) is 13.2 Å². The van der Waals surface area contributed by atoms with Crippen molar-refractivity contribution in [1.29, 1.82) is 0 Å². The molecule has 0 aliphatic carbocycles. The van der Waals surface area contributed by atoms with Crippen LogP contribution in [0.3, 0.4) is 0 Å². The summed E-state index contributed by atoms with van der Waals surface area (Å²) in [6.07, 6.45) is 14.0. The van der Waals surface area contributed by atoms with Gasteiger partial charge in [-0.25, -0.2) is 29.7 Å².